The van der Waals surface area contributed by atoms with Crippen molar-refractivity contribution >= 4 is 17.9 Å². The van der Waals surface area contributed by atoms with Gasteiger partial charge in [0.05, 0.1) is 6.42 Å². The van der Waals surface area contributed by atoms with Crippen LogP contribution in [0.15, 0.2) is 0 Å². The summed E-state index contributed by atoms with van der Waals surface area (Å²) in [6.07, 6.45) is 2.90. The zero-order valence-corrected chi connectivity index (χ0v) is 10.3. The predicted octanol–water partition coefficient (Wildman–Crippen LogP) is -0.197. The van der Waals surface area contributed by atoms with Crippen LogP contribution in [0.3, 0.4) is 0 Å². The molecule has 0 radical (unpaired) electrons. The molecule has 18 heavy (non-hydrogen) atoms. The minimum atomic E-state index is -1.28. The highest BCUT2D eigenvalue weighted by Crippen LogP contribution is 2.29. The van der Waals surface area contributed by atoms with Gasteiger partial charge in [-0.05, 0) is 25.7 Å². The van der Waals surface area contributed by atoms with E-state index in [1.807, 2.05) is 6.92 Å². The second-order valence-electron chi connectivity index (χ2n) is 4.66. The molecule has 0 heterocycles. The SMILES string of the molecule is CC(NC(=O)NC(CC(N)=O)C(=O)O)C1CCC1. The van der Waals surface area contributed by atoms with E-state index >= 15 is 0 Å². The number of hydrogen-bond acceptors (Lipinski definition) is 3. The van der Waals surface area contributed by atoms with Gasteiger partial charge >= 0.3 is 12.0 Å². The second kappa shape index (κ2) is 6.23. The zero-order valence-electron chi connectivity index (χ0n) is 10.3. The van der Waals surface area contributed by atoms with E-state index in [1.165, 1.54) is 0 Å². The summed E-state index contributed by atoms with van der Waals surface area (Å²) in [4.78, 5) is 33.0. The number of primary amides is 1. The van der Waals surface area contributed by atoms with Crippen LogP contribution in [0.5, 0.6) is 0 Å². The Morgan fingerprint density at radius 3 is 2.33 bits per heavy atom. The largest absolute Gasteiger partial charge is 0.480 e. The molecule has 1 saturated carbocycles. The number of rotatable bonds is 6. The molecular weight excluding hydrogens is 238 g/mol. The monoisotopic (exact) mass is 257 g/mol. The number of nitrogens with two attached hydrogens (primary N) is 1. The van der Waals surface area contributed by atoms with Gasteiger partial charge in [-0.2, -0.15) is 0 Å². The molecule has 0 aromatic rings. The van der Waals surface area contributed by atoms with E-state index in [-0.39, 0.29) is 6.04 Å². The Morgan fingerprint density at radius 2 is 1.94 bits per heavy atom. The van der Waals surface area contributed by atoms with E-state index in [9.17, 15) is 14.4 Å². The first kappa shape index (κ1) is 14.3. The standard InChI is InChI=1S/C11H19N3O4/c1-6(7-3-2-4-7)13-11(18)14-8(10(16)17)5-9(12)15/h6-8H,2-5H2,1H3,(H2,12,15)(H,16,17)(H2,13,14,18). The van der Waals surface area contributed by atoms with Gasteiger partial charge in [0.2, 0.25) is 5.91 Å². The number of urea groups is 1. The van der Waals surface area contributed by atoms with E-state index in [0.717, 1.165) is 19.3 Å². The third kappa shape index (κ3) is 4.23. The number of amides is 3. The van der Waals surface area contributed by atoms with Crippen LogP contribution in [0.2, 0.25) is 0 Å². The summed E-state index contributed by atoms with van der Waals surface area (Å²) in [6.45, 7) is 1.88. The van der Waals surface area contributed by atoms with Crippen LogP contribution in [-0.2, 0) is 9.59 Å². The quantitative estimate of drug-likeness (QED) is 0.526. The first-order valence-corrected chi connectivity index (χ1v) is 5.98. The number of aliphatic carboxylic acids is 1. The van der Waals surface area contributed by atoms with Crippen molar-refractivity contribution in [3.05, 3.63) is 0 Å². The molecular formula is C11H19N3O4. The highest BCUT2D eigenvalue weighted by molar-refractivity contribution is 5.87. The molecule has 102 valence electrons. The summed E-state index contributed by atoms with van der Waals surface area (Å²) < 4.78 is 0. The molecule has 0 aromatic carbocycles. The molecule has 1 aliphatic carbocycles. The van der Waals surface area contributed by atoms with E-state index in [4.69, 9.17) is 10.8 Å². The fourth-order valence-corrected chi connectivity index (χ4v) is 1.87. The Kier molecular flexibility index (Phi) is 4.94. The van der Waals surface area contributed by atoms with Crippen LogP contribution < -0.4 is 16.4 Å². The number of carboxylic acid groups (broad SMARTS) is 1. The van der Waals surface area contributed by atoms with Crippen molar-refractivity contribution in [2.24, 2.45) is 11.7 Å². The van der Waals surface area contributed by atoms with E-state index < -0.39 is 30.4 Å². The molecule has 3 amide bonds. The van der Waals surface area contributed by atoms with Crippen LogP contribution in [0.4, 0.5) is 4.79 Å². The van der Waals surface area contributed by atoms with E-state index in [1.54, 1.807) is 0 Å². The smallest absolute Gasteiger partial charge is 0.326 e. The van der Waals surface area contributed by atoms with Gasteiger partial charge < -0.3 is 21.5 Å². The molecule has 1 rings (SSSR count). The number of hydrogen-bond donors (Lipinski definition) is 4. The van der Waals surface area contributed by atoms with Gasteiger partial charge in [-0.3, -0.25) is 4.79 Å². The van der Waals surface area contributed by atoms with Gasteiger partial charge in [0.1, 0.15) is 6.04 Å². The highest BCUT2D eigenvalue weighted by Gasteiger charge is 2.27. The summed E-state index contributed by atoms with van der Waals surface area (Å²) in [5.74, 6) is -1.59. The minimum Gasteiger partial charge on any atom is -0.480 e. The average Bonchev–Trinajstić information content (AvgIpc) is 2.11. The number of carboxylic acids is 1. The molecule has 1 fully saturated rings. The molecule has 2 atom stereocenters. The van der Waals surface area contributed by atoms with Crippen molar-refractivity contribution in [1.29, 1.82) is 0 Å². The summed E-state index contributed by atoms with van der Waals surface area (Å²) in [5.41, 5.74) is 4.91. The van der Waals surface area contributed by atoms with Crippen molar-refractivity contribution in [1.82, 2.24) is 10.6 Å². The number of carbonyl (C=O) groups excluding carboxylic acids is 2. The maximum absolute atomic E-state index is 11.6. The van der Waals surface area contributed by atoms with Gasteiger partial charge in [0.25, 0.3) is 0 Å². The topological polar surface area (TPSA) is 122 Å². The number of nitrogens with one attached hydrogen (secondary N) is 2. The Labute approximate surface area is 105 Å². The molecule has 7 heteroatoms. The predicted molar refractivity (Wildman–Crippen MR) is 63.7 cm³/mol. The molecule has 0 spiro atoms. The summed E-state index contributed by atoms with van der Waals surface area (Å²) in [5, 5.41) is 13.7. The van der Waals surface area contributed by atoms with E-state index in [2.05, 4.69) is 10.6 Å². The molecule has 0 bridgehead atoms. The maximum Gasteiger partial charge on any atom is 0.326 e. The third-order valence-corrected chi connectivity index (χ3v) is 3.22. The van der Waals surface area contributed by atoms with Gasteiger partial charge in [0.15, 0.2) is 0 Å². The Hall–Kier alpha value is -1.79. The van der Waals surface area contributed by atoms with Gasteiger partial charge in [-0.1, -0.05) is 6.42 Å². The molecule has 1 aliphatic rings. The van der Waals surface area contributed by atoms with Crippen LogP contribution in [0.1, 0.15) is 32.6 Å². The van der Waals surface area contributed by atoms with Gasteiger partial charge in [-0.25, -0.2) is 9.59 Å². The van der Waals surface area contributed by atoms with Gasteiger partial charge in [-0.15, -0.1) is 0 Å². The third-order valence-electron chi connectivity index (χ3n) is 3.22. The fourth-order valence-electron chi connectivity index (χ4n) is 1.87. The molecule has 0 aliphatic heterocycles. The van der Waals surface area contributed by atoms with Crippen LogP contribution in [-0.4, -0.2) is 35.1 Å². The van der Waals surface area contributed by atoms with Gasteiger partial charge in [0, 0.05) is 6.04 Å². The van der Waals surface area contributed by atoms with Crippen molar-refractivity contribution in [2.75, 3.05) is 0 Å². The van der Waals surface area contributed by atoms with E-state index in [0.29, 0.717) is 5.92 Å². The number of carbonyl (C=O) groups is 3. The summed E-state index contributed by atoms with van der Waals surface area (Å²) >= 11 is 0. The van der Waals surface area contributed by atoms with Crippen LogP contribution in [0.25, 0.3) is 0 Å². The first-order valence-electron chi connectivity index (χ1n) is 5.98. The normalized spacial score (nSPS) is 18.3. The van der Waals surface area contributed by atoms with Crippen molar-refractivity contribution in [3.8, 4) is 0 Å². The van der Waals surface area contributed by atoms with Crippen molar-refractivity contribution in [3.63, 3.8) is 0 Å². The lowest BCUT2D eigenvalue weighted by atomic mass is 9.80. The molecule has 7 nitrogen and oxygen atoms in total. The van der Waals surface area contributed by atoms with Crippen LogP contribution in [0, 0.1) is 5.92 Å². The average molecular weight is 257 g/mol. The Bertz CT molecular complexity index is 341. The minimum absolute atomic E-state index is 0.00164. The van der Waals surface area contributed by atoms with Crippen molar-refractivity contribution < 1.29 is 19.5 Å². The summed E-state index contributed by atoms with van der Waals surface area (Å²) in [7, 11) is 0. The highest BCUT2D eigenvalue weighted by atomic mass is 16.4. The lowest BCUT2D eigenvalue weighted by Gasteiger charge is -2.32. The Morgan fingerprint density at radius 1 is 1.33 bits per heavy atom. The molecule has 2 unspecified atom stereocenters. The lowest BCUT2D eigenvalue weighted by Crippen LogP contribution is -2.51. The molecule has 5 N–H and O–H groups in total. The lowest BCUT2D eigenvalue weighted by molar-refractivity contribution is -0.140. The van der Waals surface area contributed by atoms with Crippen LogP contribution >= 0.6 is 0 Å². The van der Waals surface area contributed by atoms with Crippen molar-refractivity contribution in [2.45, 2.75) is 44.7 Å². The maximum atomic E-state index is 11.6. The zero-order chi connectivity index (χ0) is 13.7. The summed E-state index contributed by atoms with van der Waals surface area (Å²) in [6, 6.07) is -1.86. The fraction of sp³-hybridized carbons (Fsp3) is 0.727. The first-order chi connectivity index (χ1) is 8.40. The second-order valence-corrected chi connectivity index (χ2v) is 4.66. The molecule has 0 aromatic heterocycles. The Balaban J connectivity index is 2.40. The molecule has 0 saturated heterocycles.